The molecule has 2 heterocycles. The van der Waals surface area contributed by atoms with Crippen LogP contribution in [0.15, 0.2) is 18.2 Å². The van der Waals surface area contributed by atoms with E-state index in [2.05, 4.69) is 10.6 Å². The molecule has 1 saturated heterocycles. The molecule has 5 rings (SSSR count). The highest BCUT2D eigenvalue weighted by molar-refractivity contribution is 6.06. The van der Waals surface area contributed by atoms with E-state index in [9.17, 15) is 19.2 Å². The lowest BCUT2D eigenvalue weighted by molar-refractivity contribution is -0.136. The predicted molar refractivity (Wildman–Crippen MR) is 94.6 cm³/mol. The van der Waals surface area contributed by atoms with E-state index in [1.54, 1.807) is 18.2 Å². The number of hydrogen-bond acceptors (Lipinski definition) is 4. The number of nitrogens with one attached hydrogen (secondary N) is 2. The molecule has 1 unspecified atom stereocenters. The summed E-state index contributed by atoms with van der Waals surface area (Å²) in [7, 11) is 0. The third-order valence-electron chi connectivity index (χ3n) is 6.30. The Hall–Kier alpha value is -2.70. The average Bonchev–Trinajstić information content (AvgIpc) is 3.54. The van der Waals surface area contributed by atoms with Gasteiger partial charge in [-0.15, -0.1) is 0 Å². The van der Waals surface area contributed by atoms with Gasteiger partial charge in [0.15, 0.2) is 0 Å². The maximum atomic E-state index is 12.7. The first kappa shape index (κ1) is 16.5. The molecule has 2 N–H and O–H groups in total. The van der Waals surface area contributed by atoms with Gasteiger partial charge in [0.1, 0.15) is 6.04 Å². The Labute approximate surface area is 156 Å². The van der Waals surface area contributed by atoms with Crippen molar-refractivity contribution < 1.29 is 19.2 Å². The van der Waals surface area contributed by atoms with E-state index in [1.165, 1.54) is 17.7 Å². The second kappa shape index (κ2) is 5.65. The predicted octanol–water partition coefficient (Wildman–Crippen LogP) is 1.12. The van der Waals surface area contributed by atoms with Crippen LogP contribution in [0.5, 0.6) is 0 Å². The number of rotatable bonds is 4. The summed E-state index contributed by atoms with van der Waals surface area (Å²) in [6.45, 7) is 0.287. The summed E-state index contributed by atoms with van der Waals surface area (Å²) >= 11 is 0. The summed E-state index contributed by atoms with van der Waals surface area (Å²) in [6, 6.07) is 4.49. The van der Waals surface area contributed by atoms with Crippen molar-refractivity contribution >= 4 is 23.6 Å². The number of nitrogens with zero attached hydrogens (tertiary/aromatic N) is 1. The van der Waals surface area contributed by atoms with Gasteiger partial charge < -0.3 is 10.2 Å². The molecule has 1 atom stereocenters. The van der Waals surface area contributed by atoms with Crippen molar-refractivity contribution in [1.29, 1.82) is 0 Å². The quantitative estimate of drug-likeness (QED) is 0.780. The summed E-state index contributed by atoms with van der Waals surface area (Å²) < 4.78 is 0. The lowest BCUT2D eigenvalue weighted by Gasteiger charge is -2.29. The number of carbonyl (C=O) groups is 4. The van der Waals surface area contributed by atoms with E-state index in [0.717, 1.165) is 18.4 Å². The zero-order valence-corrected chi connectivity index (χ0v) is 14.9. The molecule has 7 heteroatoms. The fourth-order valence-electron chi connectivity index (χ4n) is 4.42. The number of imide groups is 1. The summed E-state index contributed by atoms with van der Waals surface area (Å²) in [5.41, 5.74) is 1.84. The number of hydrogen-bond donors (Lipinski definition) is 2. The molecule has 2 aliphatic carbocycles. The monoisotopic (exact) mass is 367 g/mol. The van der Waals surface area contributed by atoms with E-state index >= 15 is 0 Å². The lowest BCUT2D eigenvalue weighted by atomic mass is 10.0. The van der Waals surface area contributed by atoms with Crippen LogP contribution in [0.3, 0.4) is 0 Å². The number of amides is 4. The highest BCUT2D eigenvalue weighted by Gasteiger charge is 2.54. The van der Waals surface area contributed by atoms with Crippen molar-refractivity contribution in [1.82, 2.24) is 15.5 Å². The highest BCUT2D eigenvalue weighted by atomic mass is 16.2. The molecule has 4 aliphatic rings. The van der Waals surface area contributed by atoms with Crippen LogP contribution in [-0.4, -0.2) is 40.1 Å². The Balaban J connectivity index is 1.34. The third-order valence-corrected chi connectivity index (χ3v) is 6.30. The molecule has 0 bridgehead atoms. The highest BCUT2D eigenvalue weighted by Crippen LogP contribution is 2.53. The van der Waals surface area contributed by atoms with Crippen molar-refractivity contribution in [3.63, 3.8) is 0 Å². The van der Waals surface area contributed by atoms with Crippen LogP contribution in [0.2, 0.25) is 0 Å². The zero-order chi connectivity index (χ0) is 18.8. The maximum Gasteiger partial charge on any atom is 0.255 e. The molecule has 4 amide bonds. The first-order valence-corrected chi connectivity index (χ1v) is 9.57. The summed E-state index contributed by atoms with van der Waals surface area (Å²) in [5, 5.41) is 5.49. The van der Waals surface area contributed by atoms with Crippen molar-refractivity contribution in [3.05, 3.63) is 34.9 Å². The number of fused-ring (bicyclic) bond motifs is 1. The van der Waals surface area contributed by atoms with Gasteiger partial charge in [-0.1, -0.05) is 0 Å². The average molecular weight is 367 g/mol. The minimum Gasteiger partial charge on any atom is -0.346 e. The van der Waals surface area contributed by atoms with Crippen LogP contribution in [0, 0.1) is 5.92 Å². The number of benzene rings is 1. The van der Waals surface area contributed by atoms with Gasteiger partial charge in [0, 0.05) is 29.6 Å². The van der Waals surface area contributed by atoms with Gasteiger partial charge in [0.25, 0.3) is 11.8 Å². The van der Waals surface area contributed by atoms with Crippen molar-refractivity contribution in [2.75, 3.05) is 0 Å². The van der Waals surface area contributed by atoms with Gasteiger partial charge in [-0.3, -0.25) is 24.5 Å². The second-order valence-corrected chi connectivity index (χ2v) is 8.16. The largest absolute Gasteiger partial charge is 0.346 e. The van der Waals surface area contributed by atoms with Gasteiger partial charge in [-0.25, -0.2) is 0 Å². The van der Waals surface area contributed by atoms with Crippen LogP contribution in [0.4, 0.5) is 0 Å². The minimum atomic E-state index is -0.635. The standard InChI is InChI=1S/C20H21N3O4/c24-16-6-5-15(18(26)21-16)23-10-12-9-11(1-4-14(12)19(23)27)17(25)22-20(7-8-20)13-2-3-13/h1,4,9,13,15H,2-3,5-8,10H2,(H,22,25)(H,21,24,26). The van der Waals surface area contributed by atoms with Crippen LogP contribution in [0.25, 0.3) is 0 Å². The molecule has 27 heavy (non-hydrogen) atoms. The van der Waals surface area contributed by atoms with Crippen LogP contribution in [0.1, 0.15) is 64.8 Å². The topological polar surface area (TPSA) is 95.6 Å². The Bertz CT molecular complexity index is 885. The van der Waals surface area contributed by atoms with Crippen LogP contribution >= 0.6 is 0 Å². The molecular formula is C20H21N3O4. The summed E-state index contributed by atoms with van der Waals surface area (Å²) in [5.74, 6) is -0.410. The van der Waals surface area contributed by atoms with Gasteiger partial charge in [-0.05, 0) is 61.8 Å². The molecule has 2 saturated carbocycles. The summed E-state index contributed by atoms with van der Waals surface area (Å²) in [6.07, 6.45) is 5.06. The molecule has 0 aromatic heterocycles. The Kier molecular flexibility index (Phi) is 3.44. The third kappa shape index (κ3) is 2.72. The van der Waals surface area contributed by atoms with E-state index in [1.807, 2.05) is 0 Å². The molecule has 0 spiro atoms. The second-order valence-electron chi connectivity index (χ2n) is 8.16. The molecule has 3 fully saturated rings. The Morgan fingerprint density at radius 2 is 1.93 bits per heavy atom. The SMILES string of the molecule is O=C1CCC(N2Cc3cc(C(=O)NC4(C5CC5)CC4)ccc3C2=O)C(=O)N1. The normalized spacial score (nSPS) is 25.9. The Morgan fingerprint density at radius 1 is 1.15 bits per heavy atom. The molecule has 2 aliphatic heterocycles. The number of carbonyl (C=O) groups excluding carboxylic acids is 4. The van der Waals surface area contributed by atoms with Crippen LogP contribution < -0.4 is 10.6 Å². The van der Waals surface area contributed by atoms with Gasteiger partial charge >= 0.3 is 0 Å². The van der Waals surface area contributed by atoms with E-state index in [4.69, 9.17) is 0 Å². The van der Waals surface area contributed by atoms with Gasteiger partial charge in [0.05, 0.1) is 0 Å². The first-order valence-electron chi connectivity index (χ1n) is 9.57. The summed E-state index contributed by atoms with van der Waals surface area (Å²) in [4.78, 5) is 50.3. The van der Waals surface area contributed by atoms with E-state index in [-0.39, 0.29) is 36.2 Å². The smallest absolute Gasteiger partial charge is 0.255 e. The van der Waals surface area contributed by atoms with Crippen molar-refractivity contribution in [2.24, 2.45) is 5.92 Å². The molecule has 1 aromatic rings. The first-order chi connectivity index (χ1) is 13.0. The fraction of sp³-hybridized carbons (Fsp3) is 0.500. The van der Waals surface area contributed by atoms with Gasteiger partial charge in [-0.2, -0.15) is 0 Å². The van der Waals surface area contributed by atoms with Crippen molar-refractivity contribution in [3.8, 4) is 0 Å². The lowest BCUT2D eigenvalue weighted by Crippen LogP contribution is -2.52. The molecule has 7 nitrogen and oxygen atoms in total. The molecule has 1 aromatic carbocycles. The number of piperidine rings is 1. The zero-order valence-electron chi connectivity index (χ0n) is 14.9. The maximum absolute atomic E-state index is 12.7. The molecular weight excluding hydrogens is 346 g/mol. The van der Waals surface area contributed by atoms with Gasteiger partial charge in [0.2, 0.25) is 11.8 Å². The Morgan fingerprint density at radius 3 is 2.59 bits per heavy atom. The fourth-order valence-corrected chi connectivity index (χ4v) is 4.42. The minimum absolute atomic E-state index is 0.00464. The van der Waals surface area contributed by atoms with E-state index < -0.39 is 11.9 Å². The van der Waals surface area contributed by atoms with E-state index in [0.29, 0.717) is 23.5 Å². The molecule has 0 radical (unpaired) electrons. The van der Waals surface area contributed by atoms with Crippen molar-refractivity contribution in [2.45, 2.75) is 56.7 Å². The molecule has 140 valence electrons. The van der Waals surface area contributed by atoms with Crippen LogP contribution in [-0.2, 0) is 16.1 Å².